The van der Waals surface area contributed by atoms with E-state index < -0.39 is 0 Å². The maximum Gasteiger partial charge on any atom is 0.166 e. The van der Waals surface area contributed by atoms with Crippen LogP contribution in [0.4, 0.5) is 0 Å². The van der Waals surface area contributed by atoms with Crippen LogP contribution in [0, 0.1) is 0 Å². The Morgan fingerprint density at radius 3 is 2.56 bits per heavy atom. The van der Waals surface area contributed by atoms with Crippen molar-refractivity contribution in [3.05, 3.63) is 58.6 Å². The van der Waals surface area contributed by atoms with Gasteiger partial charge < -0.3 is 19.9 Å². The highest BCUT2D eigenvalue weighted by Crippen LogP contribution is 2.31. The molecule has 0 spiro atoms. The maximum atomic E-state index is 8.80. The topological polar surface area (TPSA) is 50.7 Å². The first kappa shape index (κ1) is 19.6. The van der Waals surface area contributed by atoms with E-state index in [2.05, 4.69) is 5.32 Å². The lowest BCUT2D eigenvalue weighted by atomic mass is 10.1. The molecule has 0 fully saturated rings. The van der Waals surface area contributed by atoms with Crippen molar-refractivity contribution in [2.24, 2.45) is 0 Å². The van der Waals surface area contributed by atoms with Gasteiger partial charge in [0.05, 0.1) is 7.11 Å². The summed E-state index contributed by atoms with van der Waals surface area (Å²) in [5.41, 5.74) is 2.12. The number of unbranched alkanes of at least 4 members (excludes halogenated alkanes) is 2. The average molecular weight is 364 g/mol. The van der Waals surface area contributed by atoms with Gasteiger partial charge in [-0.2, -0.15) is 0 Å². The van der Waals surface area contributed by atoms with Crippen molar-refractivity contribution in [2.45, 2.75) is 32.4 Å². The number of benzene rings is 2. The van der Waals surface area contributed by atoms with Gasteiger partial charge >= 0.3 is 0 Å². The van der Waals surface area contributed by atoms with E-state index in [0.717, 1.165) is 48.4 Å². The molecule has 0 unspecified atom stereocenters. The molecule has 0 heterocycles. The van der Waals surface area contributed by atoms with Gasteiger partial charge in [-0.15, -0.1) is 0 Å². The normalized spacial score (nSPS) is 10.7. The third-order valence-corrected chi connectivity index (χ3v) is 4.16. The van der Waals surface area contributed by atoms with E-state index in [1.165, 1.54) is 0 Å². The number of aliphatic hydroxyl groups is 1. The van der Waals surface area contributed by atoms with Crippen molar-refractivity contribution < 1.29 is 14.6 Å². The summed E-state index contributed by atoms with van der Waals surface area (Å²) in [5, 5.41) is 12.9. The van der Waals surface area contributed by atoms with Crippen molar-refractivity contribution >= 4 is 11.6 Å². The van der Waals surface area contributed by atoms with Gasteiger partial charge in [0.25, 0.3) is 0 Å². The minimum Gasteiger partial charge on any atom is -0.493 e. The molecule has 2 aromatic rings. The molecule has 2 rings (SSSR count). The van der Waals surface area contributed by atoms with Gasteiger partial charge in [0, 0.05) is 23.7 Å². The van der Waals surface area contributed by atoms with Crippen molar-refractivity contribution in [1.82, 2.24) is 5.32 Å². The van der Waals surface area contributed by atoms with E-state index in [0.29, 0.717) is 18.2 Å². The lowest BCUT2D eigenvalue weighted by Crippen LogP contribution is -2.16. The van der Waals surface area contributed by atoms with Gasteiger partial charge in [0.1, 0.15) is 6.61 Å². The summed E-state index contributed by atoms with van der Waals surface area (Å²) >= 11 is 5.92. The molecule has 0 aliphatic carbocycles. The average Bonchev–Trinajstić information content (AvgIpc) is 2.64. The van der Waals surface area contributed by atoms with Crippen molar-refractivity contribution in [3.63, 3.8) is 0 Å². The molecule has 0 saturated carbocycles. The first-order valence-corrected chi connectivity index (χ1v) is 8.97. The molecule has 0 saturated heterocycles. The number of halogens is 1. The summed E-state index contributed by atoms with van der Waals surface area (Å²) in [6.45, 7) is 2.35. The second-order valence-electron chi connectivity index (χ2n) is 5.82. The van der Waals surface area contributed by atoms with Crippen LogP contribution in [0.1, 0.15) is 30.4 Å². The van der Waals surface area contributed by atoms with Crippen LogP contribution in [0.15, 0.2) is 42.5 Å². The monoisotopic (exact) mass is 363 g/mol. The van der Waals surface area contributed by atoms with E-state index >= 15 is 0 Å². The third kappa shape index (κ3) is 6.58. The zero-order chi connectivity index (χ0) is 17.9. The van der Waals surface area contributed by atoms with Crippen LogP contribution >= 0.6 is 11.6 Å². The largest absolute Gasteiger partial charge is 0.493 e. The maximum absolute atomic E-state index is 8.80. The molecule has 0 aliphatic rings. The van der Waals surface area contributed by atoms with Crippen molar-refractivity contribution in [3.8, 4) is 11.5 Å². The molecule has 136 valence electrons. The number of hydrogen-bond donors (Lipinski definition) is 2. The highest BCUT2D eigenvalue weighted by atomic mass is 35.5. The molecule has 25 heavy (non-hydrogen) atoms. The van der Waals surface area contributed by atoms with Crippen molar-refractivity contribution in [1.29, 1.82) is 0 Å². The summed E-state index contributed by atoms with van der Waals surface area (Å²) in [6, 6.07) is 13.5. The lowest BCUT2D eigenvalue weighted by Gasteiger charge is -2.16. The van der Waals surface area contributed by atoms with Gasteiger partial charge in [0.15, 0.2) is 11.5 Å². The molecule has 4 nitrogen and oxygen atoms in total. The fraction of sp³-hybridized carbons (Fsp3) is 0.400. The quantitative estimate of drug-likeness (QED) is 0.588. The zero-order valence-corrected chi connectivity index (χ0v) is 15.4. The molecule has 0 amide bonds. The van der Waals surface area contributed by atoms with Crippen LogP contribution in [-0.2, 0) is 13.2 Å². The molecule has 0 bridgehead atoms. The standard InChI is InChI=1S/C20H26ClNO3/c1-24-19-7-5-6-17(14-22-12-3-2-4-13-23)20(19)25-15-16-8-10-18(21)11-9-16/h5-11,22-23H,2-4,12-15H2,1H3. The number of rotatable bonds is 11. The summed E-state index contributed by atoms with van der Waals surface area (Å²) in [4.78, 5) is 0. The summed E-state index contributed by atoms with van der Waals surface area (Å²) in [5.74, 6) is 1.50. The van der Waals surface area contributed by atoms with Gasteiger partial charge in [-0.05, 0) is 49.6 Å². The zero-order valence-electron chi connectivity index (χ0n) is 14.6. The van der Waals surface area contributed by atoms with Crippen LogP contribution in [-0.4, -0.2) is 25.4 Å². The van der Waals surface area contributed by atoms with E-state index in [9.17, 15) is 0 Å². The molecule has 0 radical (unpaired) electrons. The first-order chi connectivity index (χ1) is 12.2. The highest BCUT2D eigenvalue weighted by molar-refractivity contribution is 6.30. The summed E-state index contributed by atoms with van der Waals surface area (Å²) in [6.07, 6.45) is 2.93. The first-order valence-electron chi connectivity index (χ1n) is 8.59. The number of aliphatic hydroxyl groups excluding tert-OH is 1. The second kappa shape index (κ2) is 11.0. The molecule has 0 aromatic heterocycles. The number of methoxy groups -OCH3 is 1. The Hall–Kier alpha value is -1.75. The molecule has 0 atom stereocenters. The Labute approximate surface area is 154 Å². The van der Waals surface area contributed by atoms with E-state index in [1.54, 1.807) is 7.11 Å². The minimum absolute atomic E-state index is 0.262. The van der Waals surface area contributed by atoms with E-state index in [1.807, 2.05) is 42.5 Å². The van der Waals surface area contributed by atoms with Gasteiger partial charge in [-0.3, -0.25) is 0 Å². The fourth-order valence-corrected chi connectivity index (χ4v) is 2.65. The highest BCUT2D eigenvalue weighted by Gasteiger charge is 2.10. The smallest absolute Gasteiger partial charge is 0.166 e. The van der Waals surface area contributed by atoms with Gasteiger partial charge in [-0.1, -0.05) is 35.9 Å². The SMILES string of the molecule is COc1cccc(CNCCCCCO)c1OCc1ccc(Cl)cc1. The Morgan fingerprint density at radius 1 is 1.04 bits per heavy atom. The summed E-state index contributed by atoms with van der Waals surface area (Å²) in [7, 11) is 1.65. The van der Waals surface area contributed by atoms with Crippen molar-refractivity contribution in [2.75, 3.05) is 20.3 Å². The van der Waals surface area contributed by atoms with E-state index in [-0.39, 0.29) is 6.61 Å². The lowest BCUT2D eigenvalue weighted by molar-refractivity contribution is 0.279. The second-order valence-corrected chi connectivity index (χ2v) is 6.26. The third-order valence-electron chi connectivity index (χ3n) is 3.90. The predicted octanol–water partition coefficient (Wildman–Crippen LogP) is 4.18. The van der Waals surface area contributed by atoms with Crippen LogP contribution < -0.4 is 14.8 Å². The van der Waals surface area contributed by atoms with Gasteiger partial charge in [-0.25, -0.2) is 0 Å². The number of ether oxygens (including phenoxy) is 2. The molecular weight excluding hydrogens is 338 g/mol. The summed E-state index contributed by atoms with van der Waals surface area (Å²) < 4.78 is 11.5. The fourth-order valence-electron chi connectivity index (χ4n) is 2.52. The minimum atomic E-state index is 0.262. The predicted molar refractivity (Wildman–Crippen MR) is 101 cm³/mol. The van der Waals surface area contributed by atoms with Gasteiger partial charge in [0.2, 0.25) is 0 Å². The van der Waals surface area contributed by atoms with Crippen LogP contribution in [0.25, 0.3) is 0 Å². The van der Waals surface area contributed by atoms with Crippen LogP contribution in [0.2, 0.25) is 5.02 Å². The Bertz CT molecular complexity index is 631. The van der Waals surface area contributed by atoms with Crippen LogP contribution in [0.3, 0.4) is 0 Å². The van der Waals surface area contributed by atoms with Crippen LogP contribution in [0.5, 0.6) is 11.5 Å². The molecule has 2 aromatic carbocycles. The Kier molecular flexibility index (Phi) is 8.60. The molecule has 2 N–H and O–H groups in total. The van der Waals surface area contributed by atoms with E-state index in [4.69, 9.17) is 26.2 Å². The molecule has 5 heteroatoms. The molecular formula is C20H26ClNO3. The molecule has 0 aliphatic heterocycles. The number of hydrogen-bond acceptors (Lipinski definition) is 4. The Morgan fingerprint density at radius 2 is 1.84 bits per heavy atom. The number of nitrogens with one attached hydrogen (secondary N) is 1. The Balaban J connectivity index is 1.96. The number of para-hydroxylation sites is 1.